The number of aromatic nitrogens is 2. The zero-order chi connectivity index (χ0) is 16.6. The van der Waals surface area contributed by atoms with Gasteiger partial charge in [-0.1, -0.05) is 30.3 Å². The summed E-state index contributed by atoms with van der Waals surface area (Å²) in [4.78, 5) is 8.67. The van der Waals surface area contributed by atoms with Crippen molar-refractivity contribution >= 4 is 21.9 Å². The molecule has 0 saturated carbocycles. The van der Waals surface area contributed by atoms with Gasteiger partial charge in [0.05, 0.1) is 5.69 Å². The molecule has 2 aromatic carbocycles. The molecule has 0 bridgehead atoms. The third-order valence-electron chi connectivity index (χ3n) is 4.45. The molecule has 0 spiro atoms. The van der Waals surface area contributed by atoms with Crippen LogP contribution >= 0.6 is 0 Å². The highest BCUT2D eigenvalue weighted by atomic mass is 16.3. The molecule has 0 unspecified atom stereocenters. The Morgan fingerprint density at radius 2 is 1.48 bits per heavy atom. The molecule has 118 valence electrons. The topological polar surface area (TPSA) is 38.9 Å². The number of benzene rings is 2. The summed E-state index contributed by atoms with van der Waals surface area (Å²) in [5, 5.41) is 2.24. The van der Waals surface area contributed by atoms with E-state index in [-0.39, 0.29) is 0 Å². The van der Waals surface area contributed by atoms with E-state index in [1.54, 1.807) is 12.4 Å². The van der Waals surface area contributed by atoms with Crippen LogP contribution in [0.2, 0.25) is 0 Å². The minimum Gasteiger partial charge on any atom is -0.455 e. The van der Waals surface area contributed by atoms with Crippen molar-refractivity contribution in [1.82, 2.24) is 9.97 Å². The maximum atomic E-state index is 6.13. The third kappa shape index (κ3) is 2.29. The first kappa shape index (κ1) is 13.9. The Hall–Kier alpha value is -3.46. The Balaban J connectivity index is 1.74. The summed E-state index contributed by atoms with van der Waals surface area (Å²) < 4.78 is 6.13. The van der Waals surface area contributed by atoms with E-state index in [2.05, 4.69) is 40.3 Å². The SMILES string of the molecule is c1ccc2c(c1)oc1c(-c3cc(-c4ccncc4)ccn3)cccc12. The van der Waals surface area contributed by atoms with Crippen molar-refractivity contribution in [1.29, 1.82) is 0 Å². The van der Waals surface area contributed by atoms with Gasteiger partial charge in [-0.05, 0) is 47.5 Å². The molecule has 0 fully saturated rings. The summed E-state index contributed by atoms with van der Waals surface area (Å²) in [6.45, 7) is 0. The van der Waals surface area contributed by atoms with E-state index in [1.165, 1.54) is 0 Å². The minimum absolute atomic E-state index is 0.878. The van der Waals surface area contributed by atoms with E-state index < -0.39 is 0 Å². The van der Waals surface area contributed by atoms with Gasteiger partial charge in [0, 0.05) is 34.9 Å². The predicted molar refractivity (Wildman–Crippen MR) is 100 cm³/mol. The van der Waals surface area contributed by atoms with E-state index in [4.69, 9.17) is 4.42 Å². The molecule has 3 heterocycles. The number of para-hydroxylation sites is 2. The van der Waals surface area contributed by atoms with Gasteiger partial charge in [0.25, 0.3) is 0 Å². The number of hydrogen-bond donors (Lipinski definition) is 0. The molecule has 0 aliphatic rings. The summed E-state index contributed by atoms with van der Waals surface area (Å²) in [5.74, 6) is 0. The Labute approximate surface area is 144 Å². The lowest BCUT2D eigenvalue weighted by atomic mass is 10.0. The molecule has 3 heteroatoms. The van der Waals surface area contributed by atoms with Crippen molar-refractivity contribution in [3.8, 4) is 22.4 Å². The highest BCUT2D eigenvalue weighted by Gasteiger charge is 2.13. The fourth-order valence-electron chi connectivity index (χ4n) is 3.25. The second kappa shape index (κ2) is 5.56. The van der Waals surface area contributed by atoms with Gasteiger partial charge in [0.15, 0.2) is 0 Å². The van der Waals surface area contributed by atoms with Gasteiger partial charge in [-0.2, -0.15) is 0 Å². The minimum atomic E-state index is 0.878. The van der Waals surface area contributed by atoms with Gasteiger partial charge in [0.2, 0.25) is 0 Å². The van der Waals surface area contributed by atoms with E-state index in [9.17, 15) is 0 Å². The van der Waals surface area contributed by atoms with Crippen LogP contribution in [-0.2, 0) is 0 Å². The van der Waals surface area contributed by atoms with Crippen LogP contribution in [-0.4, -0.2) is 9.97 Å². The molecule has 0 atom stereocenters. The van der Waals surface area contributed by atoms with Crippen LogP contribution in [0.25, 0.3) is 44.3 Å². The number of hydrogen-bond acceptors (Lipinski definition) is 3. The largest absolute Gasteiger partial charge is 0.455 e. The van der Waals surface area contributed by atoms with Crippen LogP contribution < -0.4 is 0 Å². The maximum absolute atomic E-state index is 6.13. The molecular weight excluding hydrogens is 308 g/mol. The molecule has 3 aromatic heterocycles. The van der Waals surface area contributed by atoms with Crippen LogP contribution in [0.3, 0.4) is 0 Å². The quantitative estimate of drug-likeness (QED) is 0.418. The predicted octanol–water partition coefficient (Wildman–Crippen LogP) is 5.71. The van der Waals surface area contributed by atoms with Gasteiger partial charge in [-0.15, -0.1) is 0 Å². The lowest BCUT2D eigenvalue weighted by molar-refractivity contribution is 0.670. The summed E-state index contributed by atoms with van der Waals surface area (Å²) in [6, 6.07) is 22.4. The van der Waals surface area contributed by atoms with Crippen molar-refractivity contribution < 1.29 is 4.42 Å². The van der Waals surface area contributed by atoms with Crippen LogP contribution in [0.4, 0.5) is 0 Å². The first-order chi connectivity index (χ1) is 12.4. The van der Waals surface area contributed by atoms with Crippen molar-refractivity contribution in [3.63, 3.8) is 0 Å². The molecule has 0 N–H and O–H groups in total. The second-order valence-electron chi connectivity index (χ2n) is 5.95. The Bertz CT molecular complexity index is 1190. The van der Waals surface area contributed by atoms with E-state index in [0.29, 0.717) is 0 Å². The van der Waals surface area contributed by atoms with Gasteiger partial charge >= 0.3 is 0 Å². The Kier molecular flexibility index (Phi) is 3.10. The lowest BCUT2D eigenvalue weighted by Gasteiger charge is -2.05. The molecule has 3 nitrogen and oxygen atoms in total. The normalized spacial score (nSPS) is 11.2. The average molecular weight is 322 g/mol. The summed E-state index contributed by atoms with van der Waals surface area (Å²) >= 11 is 0. The maximum Gasteiger partial charge on any atom is 0.144 e. The molecule has 0 amide bonds. The molecular formula is C22H14N2O. The van der Waals surface area contributed by atoms with Gasteiger partial charge in [0.1, 0.15) is 11.2 Å². The molecule has 5 aromatic rings. The number of pyridine rings is 2. The standard InChI is InChI=1S/C22H14N2O/c1-2-7-21-17(4-1)18-5-3-6-19(22(18)25-21)20-14-16(10-13-24-20)15-8-11-23-12-9-15/h1-14H. The molecule has 5 rings (SSSR count). The zero-order valence-electron chi connectivity index (χ0n) is 13.4. The Morgan fingerprint density at radius 1 is 0.680 bits per heavy atom. The van der Waals surface area contributed by atoms with Crippen LogP contribution in [0.1, 0.15) is 0 Å². The summed E-state index contributed by atoms with van der Waals surface area (Å²) in [6.07, 6.45) is 5.44. The van der Waals surface area contributed by atoms with Crippen LogP contribution in [0, 0.1) is 0 Å². The highest BCUT2D eigenvalue weighted by molar-refractivity contribution is 6.09. The average Bonchev–Trinajstić information content (AvgIpc) is 3.07. The van der Waals surface area contributed by atoms with Gasteiger partial charge in [-0.25, -0.2) is 0 Å². The highest BCUT2D eigenvalue weighted by Crippen LogP contribution is 2.35. The van der Waals surface area contributed by atoms with E-state index in [0.717, 1.165) is 44.3 Å². The first-order valence-electron chi connectivity index (χ1n) is 8.17. The van der Waals surface area contributed by atoms with Gasteiger partial charge < -0.3 is 4.42 Å². The van der Waals surface area contributed by atoms with Crippen molar-refractivity contribution in [2.24, 2.45) is 0 Å². The molecule has 0 aliphatic heterocycles. The monoisotopic (exact) mass is 322 g/mol. The van der Waals surface area contributed by atoms with Gasteiger partial charge in [-0.3, -0.25) is 9.97 Å². The molecule has 0 aliphatic carbocycles. The fraction of sp³-hybridized carbons (Fsp3) is 0. The first-order valence-corrected chi connectivity index (χ1v) is 8.17. The van der Waals surface area contributed by atoms with Crippen LogP contribution in [0.5, 0.6) is 0 Å². The smallest absolute Gasteiger partial charge is 0.144 e. The van der Waals surface area contributed by atoms with Crippen LogP contribution in [0.15, 0.2) is 89.7 Å². The summed E-state index contributed by atoms with van der Waals surface area (Å²) in [7, 11) is 0. The number of nitrogens with zero attached hydrogens (tertiary/aromatic N) is 2. The van der Waals surface area contributed by atoms with E-state index in [1.807, 2.05) is 42.6 Å². The number of furan rings is 1. The summed E-state index contributed by atoms with van der Waals surface area (Å²) in [5.41, 5.74) is 5.91. The van der Waals surface area contributed by atoms with E-state index >= 15 is 0 Å². The third-order valence-corrected chi connectivity index (χ3v) is 4.45. The molecule has 0 radical (unpaired) electrons. The number of rotatable bonds is 2. The second-order valence-corrected chi connectivity index (χ2v) is 5.95. The molecule has 25 heavy (non-hydrogen) atoms. The number of fused-ring (bicyclic) bond motifs is 3. The fourth-order valence-corrected chi connectivity index (χ4v) is 3.25. The lowest BCUT2D eigenvalue weighted by Crippen LogP contribution is -1.86. The zero-order valence-corrected chi connectivity index (χ0v) is 13.4. The Morgan fingerprint density at radius 3 is 2.40 bits per heavy atom. The van der Waals surface area contributed by atoms with Crippen molar-refractivity contribution in [3.05, 3.63) is 85.3 Å². The molecule has 0 saturated heterocycles. The van der Waals surface area contributed by atoms with Crippen molar-refractivity contribution in [2.75, 3.05) is 0 Å². The van der Waals surface area contributed by atoms with Crippen molar-refractivity contribution in [2.45, 2.75) is 0 Å².